The van der Waals surface area contributed by atoms with Gasteiger partial charge in [0.2, 0.25) is 0 Å². The van der Waals surface area contributed by atoms with Crippen LogP contribution in [0.25, 0.3) is 0 Å². The molecule has 2 amide bonds. The van der Waals surface area contributed by atoms with Crippen molar-refractivity contribution in [1.29, 1.82) is 0 Å². The van der Waals surface area contributed by atoms with E-state index in [4.69, 9.17) is 4.74 Å². The molecule has 0 bridgehead atoms. The Morgan fingerprint density at radius 1 is 1.04 bits per heavy atom. The predicted molar refractivity (Wildman–Crippen MR) is 99.4 cm³/mol. The van der Waals surface area contributed by atoms with Gasteiger partial charge in [0.05, 0.1) is 0 Å². The van der Waals surface area contributed by atoms with Gasteiger partial charge in [-0.25, -0.2) is 4.79 Å². The molecule has 0 aliphatic heterocycles. The summed E-state index contributed by atoms with van der Waals surface area (Å²) in [6.45, 7) is 11.6. The highest BCUT2D eigenvalue weighted by Crippen LogP contribution is 2.16. The summed E-state index contributed by atoms with van der Waals surface area (Å²) >= 11 is 0. The second kappa shape index (κ2) is 12.8. The number of amides is 2. The summed E-state index contributed by atoms with van der Waals surface area (Å²) in [5.41, 5.74) is 0.732. The normalized spacial score (nSPS) is 9.28. The van der Waals surface area contributed by atoms with E-state index in [1.807, 2.05) is 13.8 Å². The number of hydrogen-bond acceptors (Lipinski definition) is 4. The molecule has 0 aromatic heterocycles. The summed E-state index contributed by atoms with van der Waals surface area (Å²) in [5.74, 6) is -1.58. The minimum atomic E-state index is -0.729. The lowest BCUT2D eigenvalue weighted by molar-refractivity contribution is -0.136. The van der Waals surface area contributed by atoms with Gasteiger partial charge in [-0.05, 0) is 37.6 Å². The molecule has 0 aliphatic rings. The molecule has 0 aliphatic carbocycles. The fourth-order valence-electron chi connectivity index (χ4n) is 1.65. The molecule has 0 saturated heterocycles. The number of unbranched alkanes of at least 4 members (excludes halogenated alkanes) is 2. The van der Waals surface area contributed by atoms with E-state index in [1.165, 1.54) is 12.1 Å². The van der Waals surface area contributed by atoms with E-state index in [9.17, 15) is 14.4 Å². The van der Waals surface area contributed by atoms with Crippen LogP contribution < -0.4 is 15.4 Å². The minimum absolute atomic E-state index is 0.294. The van der Waals surface area contributed by atoms with Crippen molar-refractivity contribution in [2.24, 2.45) is 0 Å². The first-order valence-corrected chi connectivity index (χ1v) is 8.51. The molecule has 0 atom stereocenters. The maximum atomic E-state index is 11.7. The standard InChI is InChI=1S/C17H22N2O4.C2H6/c1-4-5-6-11-18-15(20)16(21)19-13-7-9-14(10-8-13)23-17(22)12(2)3;1-2/h7-10H,2,4-6,11H2,1,3H3,(H,18,20)(H,19,21);1-2H3. The monoisotopic (exact) mass is 348 g/mol. The summed E-state index contributed by atoms with van der Waals surface area (Å²) in [6.07, 6.45) is 2.90. The van der Waals surface area contributed by atoms with Gasteiger partial charge >= 0.3 is 17.8 Å². The lowest BCUT2D eigenvalue weighted by atomic mass is 10.2. The Morgan fingerprint density at radius 2 is 1.64 bits per heavy atom. The van der Waals surface area contributed by atoms with Crippen LogP contribution in [-0.4, -0.2) is 24.3 Å². The number of esters is 1. The number of hydrogen-bond donors (Lipinski definition) is 2. The molecule has 6 heteroatoms. The zero-order valence-corrected chi connectivity index (χ0v) is 15.5. The molecule has 0 unspecified atom stereocenters. The summed E-state index contributed by atoms with van der Waals surface area (Å²) in [7, 11) is 0. The highest BCUT2D eigenvalue weighted by atomic mass is 16.5. The van der Waals surface area contributed by atoms with Crippen LogP contribution in [-0.2, 0) is 14.4 Å². The van der Waals surface area contributed by atoms with Gasteiger partial charge in [-0.15, -0.1) is 0 Å². The van der Waals surface area contributed by atoms with Gasteiger partial charge in [0, 0.05) is 17.8 Å². The third kappa shape index (κ3) is 9.30. The number of ether oxygens (including phenoxy) is 1. The number of carbonyl (C=O) groups is 3. The van der Waals surface area contributed by atoms with Gasteiger partial charge in [0.15, 0.2) is 0 Å². The Hall–Kier alpha value is -2.63. The summed E-state index contributed by atoms with van der Waals surface area (Å²) in [4.78, 5) is 34.7. The molecule has 6 nitrogen and oxygen atoms in total. The van der Waals surface area contributed by atoms with Crippen molar-refractivity contribution in [3.8, 4) is 5.75 Å². The van der Waals surface area contributed by atoms with Crippen molar-refractivity contribution in [1.82, 2.24) is 5.32 Å². The van der Waals surface area contributed by atoms with Gasteiger partial charge in [-0.2, -0.15) is 0 Å². The molecule has 0 fully saturated rings. The van der Waals surface area contributed by atoms with Crippen molar-refractivity contribution in [2.75, 3.05) is 11.9 Å². The zero-order valence-electron chi connectivity index (χ0n) is 15.5. The Labute approximate surface area is 149 Å². The second-order valence-corrected chi connectivity index (χ2v) is 5.11. The maximum absolute atomic E-state index is 11.7. The number of carbonyl (C=O) groups excluding carboxylic acids is 3. The van der Waals surface area contributed by atoms with Gasteiger partial charge in [-0.1, -0.05) is 40.2 Å². The van der Waals surface area contributed by atoms with Crippen molar-refractivity contribution < 1.29 is 19.1 Å². The molecule has 25 heavy (non-hydrogen) atoms. The number of benzene rings is 1. The van der Waals surface area contributed by atoms with Crippen LogP contribution >= 0.6 is 0 Å². The molecule has 0 spiro atoms. The van der Waals surface area contributed by atoms with E-state index in [0.29, 0.717) is 23.6 Å². The molecule has 1 aromatic rings. The van der Waals surface area contributed by atoms with Crippen LogP contribution in [0.3, 0.4) is 0 Å². The van der Waals surface area contributed by atoms with Crippen LogP contribution in [0.4, 0.5) is 5.69 Å². The topological polar surface area (TPSA) is 84.5 Å². The molecule has 1 rings (SSSR count). The SMILES string of the molecule is C=C(C)C(=O)Oc1ccc(NC(=O)C(=O)NCCCCC)cc1.CC. The van der Waals surface area contributed by atoms with Crippen LogP contribution in [0.2, 0.25) is 0 Å². The van der Waals surface area contributed by atoms with E-state index in [2.05, 4.69) is 24.1 Å². The molecule has 0 saturated carbocycles. The fraction of sp³-hybridized carbons (Fsp3) is 0.421. The minimum Gasteiger partial charge on any atom is -0.423 e. The van der Waals surface area contributed by atoms with E-state index in [1.54, 1.807) is 19.1 Å². The first kappa shape index (κ1) is 22.4. The van der Waals surface area contributed by atoms with Crippen LogP contribution in [0.15, 0.2) is 36.4 Å². The van der Waals surface area contributed by atoms with E-state index in [-0.39, 0.29) is 0 Å². The smallest absolute Gasteiger partial charge is 0.338 e. The summed E-state index contributed by atoms with van der Waals surface area (Å²) in [6, 6.07) is 6.14. The average molecular weight is 348 g/mol. The first-order valence-electron chi connectivity index (χ1n) is 8.51. The molecular formula is C19H28N2O4. The van der Waals surface area contributed by atoms with Crippen LogP contribution in [0.1, 0.15) is 47.0 Å². The van der Waals surface area contributed by atoms with E-state index < -0.39 is 17.8 Å². The van der Waals surface area contributed by atoms with Crippen LogP contribution in [0.5, 0.6) is 5.75 Å². The Balaban J connectivity index is 0.00000277. The molecule has 0 heterocycles. The predicted octanol–water partition coefficient (Wildman–Crippen LogP) is 3.44. The van der Waals surface area contributed by atoms with Crippen molar-refractivity contribution in [2.45, 2.75) is 47.0 Å². The third-order valence-corrected chi connectivity index (χ3v) is 2.94. The molecular weight excluding hydrogens is 320 g/mol. The van der Waals surface area contributed by atoms with Crippen molar-refractivity contribution in [3.05, 3.63) is 36.4 Å². The largest absolute Gasteiger partial charge is 0.423 e. The van der Waals surface area contributed by atoms with Crippen molar-refractivity contribution >= 4 is 23.5 Å². The Morgan fingerprint density at radius 3 is 2.16 bits per heavy atom. The van der Waals surface area contributed by atoms with E-state index in [0.717, 1.165) is 19.3 Å². The zero-order chi connectivity index (χ0) is 19.2. The van der Waals surface area contributed by atoms with E-state index >= 15 is 0 Å². The number of rotatable bonds is 7. The summed E-state index contributed by atoms with van der Waals surface area (Å²) < 4.78 is 5.03. The average Bonchev–Trinajstić information content (AvgIpc) is 2.61. The van der Waals surface area contributed by atoms with Gasteiger partial charge in [-0.3, -0.25) is 9.59 Å². The molecule has 1 aromatic carbocycles. The highest BCUT2D eigenvalue weighted by molar-refractivity contribution is 6.39. The van der Waals surface area contributed by atoms with Gasteiger partial charge in [0.25, 0.3) is 0 Å². The molecule has 2 N–H and O–H groups in total. The van der Waals surface area contributed by atoms with Crippen LogP contribution in [0, 0.1) is 0 Å². The van der Waals surface area contributed by atoms with Gasteiger partial charge in [0.1, 0.15) is 5.75 Å². The molecule has 0 radical (unpaired) electrons. The lowest BCUT2D eigenvalue weighted by Gasteiger charge is -2.07. The fourth-order valence-corrected chi connectivity index (χ4v) is 1.65. The maximum Gasteiger partial charge on any atom is 0.338 e. The van der Waals surface area contributed by atoms with Gasteiger partial charge < -0.3 is 15.4 Å². The summed E-state index contributed by atoms with van der Waals surface area (Å²) in [5, 5.41) is 5.03. The Bertz CT molecular complexity index is 580. The molecule has 138 valence electrons. The highest BCUT2D eigenvalue weighted by Gasteiger charge is 2.13. The lowest BCUT2D eigenvalue weighted by Crippen LogP contribution is -2.35. The quantitative estimate of drug-likeness (QED) is 0.260. The second-order valence-electron chi connectivity index (χ2n) is 5.11. The van der Waals surface area contributed by atoms with Crippen molar-refractivity contribution in [3.63, 3.8) is 0 Å². The number of nitrogens with one attached hydrogen (secondary N) is 2. The Kier molecular flexibility index (Phi) is 11.4. The number of anilines is 1. The third-order valence-electron chi connectivity index (χ3n) is 2.94. The first-order chi connectivity index (χ1) is 11.9.